The molecule has 1 aromatic rings. The molecule has 2 N–H and O–H groups in total. The molecular weight excluding hydrogens is 204 g/mol. The van der Waals surface area contributed by atoms with E-state index in [0.717, 1.165) is 0 Å². The Bertz CT molecular complexity index is 364. The Labute approximate surface area is 96.0 Å². The first kappa shape index (κ1) is 12.7. The standard InChI is InChI=1S/C11H20N4O/c1-7(11(3,4)5)6-9(16)13-10-12-8(2)14-15-10/h7H,6H2,1-5H3,(H2,12,13,14,15,16). The van der Waals surface area contributed by atoms with E-state index in [1.165, 1.54) is 0 Å². The smallest absolute Gasteiger partial charge is 0.248 e. The monoisotopic (exact) mass is 224 g/mol. The molecule has 0 radical (unpaired) electrons. The molecule has 1 heterocycles. The van der Waals surface area contributed by atoms with Gasteiger partial charge in [0.05, 0.1) is 0 Å². The normalized spacial score (nSPS) is 13.6. The maximum Gasteiger partial charge on any atom is 0.248 e. The zero-order valence-corrected chi connectivity index (χ0v) is 10.6. The highest BCUT2D eigenvalue weighted by Crippen LogP contribution is 2.28. The zero-order valence-electron chi connectivity index (χ0n) is 10.6. The van der Waals surface area contributed by atoms with Crippen molar-refractivity contribution in [2.24, 2.45) is 11.3 Å². The first-order valence-electron chi connectivity index (χ1n) is 5.48. The lowest BCUT2D eigenvalue weighted by Gasteiger charge is -2.26. The summed E-state index contributed by atoms with van der Waals surface area (Å²) in [5.41, 5.74) is 0.131. The molecule has 0 bridgehead atoms. The van der Waals surface area contributed by atoms with E-state index >= 15 is 0 Å². The molecule has 0 fully saturated rings. The van der Waals surface area contributed by atoms with Crippen LogP contribution < -0.4 is 5.32 Å². The third-order valence-corrected chi connectivity index (χ3v) is 2.82. The number of anilines is 1. The predicted molar refractivity (Wildman–Crippen MR) is 63.0 cm³/mol. The van der Waals surface area contributed by atoms with E-state index < -0.39 is 0 Å². The summed E-state index contributed by atoms with van der Waals surface area (Å²) in [7, 11) is 0. The lowest BCUT2D eigenvalue weighted by molar-refractivity contribution is -0.117. The number of carbonyl (C=O) groups is 1. The Morgan fingerprint density at radius 2 is 2.12 bits per heavy atom. The average molecular weight is 224 g/mol. The van der Waals surface area contributed by atoms with Gasteiger partial charge >= 0.3 is 0 Å². The summed E-state index contributed by atoms with van der Waals surface area (Å²) in [6.45, 7) is 10.2. The average Bonchev–Trinajstić information content (AvgIpc) is 2.49. The lowest BCUT2D eigenvalue weighted by atomic mass is 9.80. The number of aryl methyl sites for hydroxylation is 1. The van der Waals surface area contributed by atoms with Crippen molar-refractivity contribution < 1.29 is 4.79 Å². The van der Waals surface area contributed by atoms with Gasteiger partial charge in [-0.15, -0.1) is 5.10 Å². The minimum Gasteiger partial charge on any atom is -0.293 e. The molecule has 0 aliphatic heterocycles. The van der Waals surface area contributed by atoms with Crippen LogP contribution in [0.15, 0.2) is 0 Å². The molecule has 0 saturated carbocycles. The Morgan fingerprint density at radius 1 is 1.50 bits per heavy atom. The zero-order chi connectivity index (χ0) is 12.3. The van der Waals surface area contributed by atoms with Crippen molar-refractivity contribution in [3.8, 4) is 0 Å². The molecule has 0 saturated heterocycles. The summed E-state index contributed by atoms with van der Waals surface area (Å²) in [5.74, 6) is 1.32. The highest BCUT2D eigenvalue weighted by molar-refractivity contribution is 5.89. The van der Waals surface area contributed by atoms with E-state index in [9.17, 15) is 4.79 Å². The Balaban J connectivity index is 2.48. The van der Waals surface area contributed by atoms with Gasteiger partial charge in [-0.25, -0.2) is 0 Å². The van der Waals surface area contributed by atoms with Crippen LogP contribution in [0, 0.1) is 18.3 Å². The molecule has 1 atom stereocenters. The molecule has 0 aliphatic carbocycles. The van der Waals surface area contributed by atoms with E-state index in [-0.39, 0.29) is 11.3 Å². The molecule has 16 heavy (non-hydrogen) atoms. The number of H-pyrrole nitrogens is 1. The van der Waals surface area contributed by atoms with Crippen molar-refractivity contribution in [2.75, 3.05) is 5.32 Å². The number of hydrogen-bond acceptors (Lipinski definition) is 3. The fourth-order valence-electron chi connectivity index (χ4n) is 1.16. The third-order valence-electron chi connectivity index (χ3n) is 2.82. The maximum absolute atomic E-state index is 11.7. The van der Waals surface area contributed by atoms with E-state index in [0.29, 0.717) is 24.1 Å². The maximum atomic E-state index is 11.7. The first-order chi connectivity index (χ1) is 7.29. The van der Waals surface area contributed by atoms with Crippen molar-refractivity contribution in [3.63, 3.8) is 0 Å². The Kier molecular flexibility index (Phi) is 3.67. The summed E-state index contributed by atoms with van der Waals surface area (Å²) in [6.07, 6.45) is 0.483. The van der Waals surface area contributed by atoms with Crippen LogP contribution in [0.25, 0.3) is 0 Å². The second-order valence-corrected chi connectivity index (χ2v) is 5.26. The van der Waals surface area contributed by atoms with Crippen molar-refractivity contribution >= 4 is 11.9 Å². The molecule has 0 spiro atoms. The number of amides is 1. The van der Waals surface area contributed by atoms with Gasteiger partial charge < -0.3 is 0 Å². The SMILES string of the molecule is Cc1nc(NC(=O)CC(C)C(C)(C)C)n[nH]1. The molecule has 0 aromatic carbocycles. The topological polar surface area (TPSA) is 70.7 Å². The second-order valence-electron chi connectivity index (χ2n) is 5.26. The molecule has 1 aromatic heterocycles. The molecule has 5 nitrogen and oxygen atoms in total. The van der Waals surface area contributed by atoms with Crippen molar-refractivity contribution in [2.45, 2.75) is 41.0 Å². The molecule has 1 unspecified atom stereocenters. The summed E-state index contributed by atoms with van der Waals surface area (Å²) in [5, 5.41) is 9.21. The van der Waals surface area contributed by atoms with E-state index in [1.807, 2.05) is 0 Å². The highest BCUT2D eigenvalue weighted by atomic mass is 16.1. The number of nitrogens with one attached hydrogen (secondary N) is 2. The molecule has 1 rings (SSSR count). The van der Waals surface area contributed by atoms with Gasteiger partial charge in [0.2, 0.25) is 11.9 Å². The molecule has 90 valence electrons. The lowest BCUT2D eigenvalue weighted by Crippen LogP contribution is -2.24. The largest absolute Gasteiger partial charge is 0.293 e. The Morgan fingerprint density at radius 3 is 2.56 bits per heavy atom. The molecule has 5 heteroatoms. The predicted octanol–water partition coefficient (Wildman–Crippen LogP) is 2.12. The quantitative estimate of drug-likeness (QED) is 0.826. The minimum atomic E-state index is -0.0403. The second kappa shape index (κ2) is 4.63. The van der Waals surface area contributed by atoms with Crippen molar-refractivity contribution in [1.29, 1.82) is 0 Å². The van der Waals surface area contributed by atoms with E-state index in [4.69, 9.17) is 0 Å². The number of hydrogen-bond donors (Lipinski definition) is 2. The van der Waals surface area contributed by atoms with Crippen LogP contribution in [0.2, 0.25) is 0 Å². The van der Waals surface area contributed by atoms with Crippen LogP contribution in [0.1, 0.15) is 39.9 Å². The van der Waals surface area contributed by atoms with Gasteiger partial charge in [-0.2, -0.15) is 4.98 Å². The molecular formula is C11H20N4O. The van der Waals surface area contributed by atoms with Crippen LogP contribution in [0.5, 0.6) is 0 Å². The summed E-state index contributed by atoms with van der Waals surface area (Å²) in [6, 6.07) is 0. The molecule has 0 aliphatic rings. The van der Waals surface area contributed by atoms with E-state index in [2.05, 4.69) is 48.2 Å². The van der Waals surface area contributed by atoms with Gasteiger partial charge in [-0.1, -0.05) is 27.7 Å². The van der Waals surface area contributed by atoms with Gasteiger partial charge in [0.25, 0.3) is 0 Å². The van der Waals surface area contributed by atoms with Crippen molar-refractivity contribution in [1.82, 2.24) is 15.2 Å². The third kappa shape index (κ3) is 3.64. The van der Waals surface area contributed by atoms with Gasteiger partial charge in [0.15, 0.2) is 0 Å². The number of carbonyl (C=O) groups excluding carboxylic acids is 1. The van der Waals surface area contributed by atoms with E-state index in [1.54, 1.807) is 6.92 Å². The van der Waals surface area contributed by atoms with Crippen LogP contribution >= 0.6 is 0 Å². The summed E-state index contributed by atoms with van der Waals surface area (Å²) in [4.78, 5) is 15.7. The minimum absolute atomic E-state index is 0.0403. The van der Waals surface area contributed by atoms with Gasteiger partial charge in [-0.05, 0) is 18.3 Å². The van der Waals surface area contributed by atoms with Gasteiger partial charge in [-0.3, -0.25) is 15.2 Å². The number of aromatic amines is 1. The summed E-state index contributed by atoms with van der Waals surface area (Å²) >= 11 is 0. The van der Waals surface area contributed by atoms with Crippen LogP contribution in [0.4, 0.5) is 5.95 Å². The van der Waals surface area contributed by atoms with Crippen LogP contribution in [-0.2, 0) is 4.79 Å². The number of rotatable bonds is 3. The number of nitrogens with zero attached hydrogens (tertiary/aromatic N) is 2. The van der Waals surface area contributed by atoms with Gasteiger partial charge in [0.1, 0.15) is 5.82 Å². The highest BCUT2D eigenvalue weighted by Gasteiger charge is 2.22. The number of aromatic nitrogens is 3. The first-order valence-corrected chi connectivity index (χ1v) is 5.48. The fourth-order valence-corrected chi connectivity index (χ4v) is 1.16. The molecule has 1 amide bonds. The Hall–Kier alpha value is -1.39. The summed E-state index contributed by atoms with van der Waals surface area (Å²) < 4.78 is 0. The van der Waals surface area contributed by atoms with Crippen molar-refractivity contribution in [3.05, 3.63) is 5.82 Å². The van der Waals surface area contributed by atoms with Gasteiger partial charge in [0, 0.05) is 6.42 Å². The fraction of sp³-hybridized carbons (Fsp3) is 0.727. The van der Waals surface area contributed by atoms with Crippen LogP contribution in [0.3, 0.4) is 0 Å². The van der Waals surface area contributed by atoms with Crippen LogP contribution in [-0.4, -0.2) is 21.1 Å².